The van der Waals surface area contributed by atoms with Gasteiger partial charge in [0.05, 0.1) is 5.03 Å². The number of halogens is 4. The second-order valence-corrected chi connectivity index (χ2v) is 9.59. The molecule has 0 saturated carbocycles. The smallest absolute Gasteiger partial charge is 0.432 e. The highest BCUT2D eigenvalue weighted by atomic mass is 35.5. The first-order valence-electron chi connectivity index (χ1n) is 11.5. The molecule has 1 aromatic carbocycles. The number of hydrazine groups is 1. The number of hydrogen-bond donors (Lipinski definition) is 4. The molecule has 1 aliphatic carbocycles. The van der Waals surface area contributed by atoms with Crippen LogP contribution in [0.5, 0.6) is 0 Å². The van der Waals surface area contributed by atoms with Crippen molar-refractivity contribution in [3.63, 3.8) is 0 Å². The number of nitrogens with zero attached hydrogens (tertiary/aromatic N) is 1. The first-order chi connectivity index (χ1) is 17.6. The molecule has 8 nitrogen and oxygen atoms in total. The molecule has 1 aliphatic heterocycles. The summed E-state index contributed by atoms with van der Waals surface area (Å²) in [6, 6.07) is 5.92. The van der Waals surface area contributed by atoms with Gasteiger partial charge in [0.15, 0.2) is 0 Å². The monoisotopic (exact) mass is 557 g/mol. The summed E-state index contributed by atoms with van der Waals surface area (Å²) in [7, 11) is 0. The van der Waals surface area contributed by atoms with Crippen molar-refractivity contribution in [2.45, 2.75) is 37.9 Å². The van der Waals surface area contributed by atoms with Crippen LogP contribution in [0.3, 0.4) is 0 Å². The van der Waals surface area contributed by atoms with Gasteiger partial charge in [0.2, 0.25) is 0 Å². The molecule has 2 amide bonds. The SMILES string of the molecule is N=C(/C=C(\NC1CCN(C(=O)OCC2=CCCC=C2)CC1)SNNC(=O)c1cccc(Cl)c1)C(F)(F)F. The van der Waals surface area contributed by atoms with Crippen molar-refractivity contribution in [3.8, 4) is 0 Å². The molecule has 0 radical (unpaired) electrons. The second-order valence-electron chi connectivity index (χ2n) is 8.31. The lowest BCUT2D eigenvalue weighted by Crippen LogP contribution is -2.45. The minimum atomic E-state index is -4.83. The minimum absolute atomic E-state index is 0.00855. The third-order valence-corrected chi connectivity index (χ3v) is 6.42. The Morgan fingerprint density at radius 3 is 2.65 bits per heavy atom. The first kappa shape index (κ1) is 28.6. The van der Waals surface area contributed by atoms with E-state index < -0.39 is 23.9 Å². The second kappa shape index (κ2) is 13.5. The molecule has 4 N–H and O–H groups in total. The van der Waals surface area contributed by atoms with Gasteiger partial charge < -0.3 is 15.0 Å². The van der Waals surface area contributed by atoms with Gasteiger partial charge in [-0.05, 0) is 67.5 Å². The summed E-state index contributed by atoms with van der Waals surface area (Å²) >= 11 is 6.57. The van der Waals surface area contributed by atoms with Gasteiger partial charge in [0.25, 0.3) is 5.91 Å². The molecule has 0 bridgehead atoms. The third-order valence-electron chi connectivity index (χ3n) is 5.53. The highest BCUT2D eigenvalue weighted by Gasteiger charge is 2.33. The van der Waals surface area contributed by atoms with Crippen LogP contribution in [-0.2, 0) is 4.74 Å². The van der Waals surface area contributed by atoms with Gasteiger partial charge in [0, 0.05) is 29.7 Å². The number of carbonyl (C=O) groups is 2. The van der Waals surface area contributed by atoms with Crippen molar-refractivity contribution < 1.29 is 27.5 Å². The van der Waals surface area contributed by atoms with E-state index in [2.05, 4.69) is 15.6 Å². The Labute approximate surface area is 221 Å². The number of ether oxygens (including phenoxy) is 1. The number of benzene rings is 1. The summed E-state index contributed by atoms with van der Waals surface area (Å²) in [6.07, 6.45) is 4.18. The summed E-state index contributed by atoms with van der Waals surface area (Å²) in [4.78, 5) is 28.7. The zero-order chi connectivity index (χ0) is 26.8. The van der Waals surface area contributed by atoms with Crippen molar-refractivity contribution in [1.82, 2.24) is 20.5 Å². The van der Waals surface area contributed by atoms with Crippen LogP contribution in [0.25, 0.3) is 0 Å². The molecule has 0 unspecified atom stereocenters. The maximum atomic E-state index is 13.0. The quantitative estimate of drug-likeness (QED) is 0.191. The molecule has 37 heavy (non-hydrogen) atoms. The molecule has 1 fully saturated rings. The summed E-state index contributed by atoms with van der Waals surface area (Å²) in [6.45, 7) is 0.918. The number of likely N-dealkylation sites (tertiary alicyclic amines) is 1. The lowest BCUT2D eigenvalue weighted by molar-refractivity contribution is -0.0584. The molecule has 0 atom stereocenters. The van der Waals surface area contributed by atoms with Crippen LogP contribution < -0.4 is 15.6 Å². The molecular weight excluding hydrogens is 531 g/mol. The fourth-order valence-electron chi connectivity index (χ4n) is 3.56. The molecule has 0 aromatic heterocycles. The predicted octanol–water partition coefficient (Wildman–Crippen LogP) is 5.11. The largest absolute Gasteiger partial charge is 0.445 e. The van der Waals surface area contributed by atoms with Crippen LogP contribution >= 0.6 is 23.5 Å². The van der Waals surface area contributed by atoms with Gasteiger partial charge >= 0.3 is 12.3 Å². The topological polar surface area (TPSA) is 107 Å². The maximum Gasteiger partial charge on any atom is 0.432 e. The molecule has 3 rings (SSSR count). The van der Waals surface area contributed by atoms with E-state index in [1.807, 2.05) is 18.2 Å². The van der Waals surface area contributed by atoms with E-state index in [4.69, 9.17) is 21.7 Å². The Hall–Kier alpha value is -2.96. The fraction of sp³-hybridized carbons (Fsp3) is 0.375. The summed E-state index contributed by atoms with van der Waals surface area (Å²) in [5.74, 6) is -0.536. The number of rotatable bonds is 9. The highest BCUT2D eigenvalue weighted by molar-refractivity contribution is 8.01. The number of alkyl halides is 3. The molecular formula is C24H27ClF3N5O3S. The summed E-state index contributed by atoms with van der Waals surface area (Å²) in [5, 5.41) is 10.6. The fourth-order valence-corrected chi connectivity index (χ4v) is 4.41. The van der Waals surface area contributed by atoms with Crippen molar-refractivity contribution in [3.05, 3.63) is 69.8 Å². The van der Waals surface area contributed by atoms with Crippen molar-refractivity contribution in [2.24, 2.45) is 0 Å². The lowest BCUT2D eigenvalue weighted by atomic mass is 10.1. The van der Waals surface area contributed by atoms with Gasteiger partial charge in [-0.1, -0.05) is 35.9 Å². The number of carbonyl (C=O) groups excluding carboxylic acids is 2. The van der Waals surface area contributed by atoms with Gasteiger partial charge in [-0.3, -0.25) is 15.6 Å². The lowest BCUT2D eigenvalue weighted by Gasteiger charge is -2.32. The number of allylic oxidation sites excluding steroid dienone is 3. The Kier molecular flexibility index (Phi) is 10.5. The minimum Gasteiger partial charge on any atom is -0.445 e. The van der Waals surface area contributed by atoms with Gasteiger partial charge in [-0.2, -0.15) is 18.0 Å². The highest BCUT2D eigenvalue weighted by Crippen LogP contribution is 2.22. The zero-order valence-corrected chi connectivity index (χ0v) is 21.3. The van der Waals surface area contributed by atoms with Gasteiger partial charge in [-0.25, -0.2) is 4.79 Å². The normalized spacial score (nSPS) is 16.7. The Bertz CT molecular complexity index is 1090. The molecule has 13 heteroatoms. The van der Waals surface area contributed by atoms with E-state index in [1.54, 1.807) is 17.0 Å². The summed E-state index contributed by atoms with van der Waals surface area (Å²) < 4.78 is 44.3. The van der Waals surface area contributed by atoms with Crippen molar-refractivity contribution in [1.29, 1.82) is 5.41 Å². The van der Waals surface area contributed by atoms with Gasteiger partial charge in [0.1, 0.15) is 12.3 Å². The molecule has 1 saturated heterocycles. The van der Waals surface area contributed by atoms with E-state index in [9.17, 15) is 22.8 Å². The number of piperidine rings is 1. The van der Waals surface area contributed by atoms with Crippen LogP contribution in [0, 0.1) is 5.41 Å². The molecule has 200 valence electrons. The Morgan fingerprint density at radius 1 is 1.24 bits per heavy atom. The number of nitrogens with one attached hydrogen (secondary N) is 4. The standard InChI is InChI=1S/C24H27ClF3N5O3S/c25-18-8-4-7-17(13-18)22(34)31-32-37-21(14-20(29)24(26,27)28)30-19-9-11-33(12-10-19)23(35)36-15-16-5-2-1-3-6-16/h2,4-8,13-14,19,29-30,32H,1,3,9-12,15H2,(H,31,34)/b21-14+,29-20?. The molecule has 1 aromatic rings. The van der Waals surface area contributed by atoms with E-state index >= 15 is 0 Å². The average Bonchev–Trinajstić information content (AvgIpc) is 2.87. The average molecular weight is 558 g/mol. The van der Waals surface area contributed by atoms with Crippen LogP contribution in [0.15, 0.2) is 59.2 Å². The van der Waals surface area contributed by atoms with Crippen LogP contribution in [0.2, 0.25) is 5.02 Å². The Morgan fingerprint density at radius 2 is 2.00 bits per heavy atom. The molecule has 2 aliphatic rings. The maximum absolute atomic E-state index is 13.0. The van der Waals surface area contributed by atoms with Crippen LogP contribution in [0.1, 0.15) is 36.0 Å². The third kappa shape index (κ3) is 9.45. The summed E-state index contributed by atoms with van der Waals surface area (Å²) in [5.41, 5.74) is 2.04. The van der Waals surface area contributed by atoms with Gasteiger partial charge in [-0.15, -0.1) is 0 Å². The van der Waals surface area contributed by atoms with E-state index in [0.29, 0.717) is 49.0 Å². The van der Waals surface area contributed by atoms with E-state index in [1.165, 1.54) is 12.1 Å². The van der Waals surface area contributed by atoms with E-state index in [0.717, 1.165) is 18.4 Å². The van der Waals surface area contributed by atoms with Crippen LogP contribution in [-0.4, -0.2) is 54.5 Å². The predicted molar refractivity (Wildman–Crippen MR) is 137 cm³/mol. The number of hydrogen-bond acceptors (Lipinski definition) is 7. The Balaban J connectivity index is 1.51. The van der Waals surface area contributed by atoms with Crippen molar-refractivity contribution >= 4 is 41.3 Å². The van der Waals surface area contributed by atoms with Crippen molar-refractivity contribution in [2.75, 3.05) is 19.7 Å². The first-order valence-corrected chi connectivity index (χ1v) is 12.7. The molecule has 1 heterocycles. The van der Waals surface area contributed by atoms with E-state index in [-0.39, 0.29) is 23.2 Å². The van der Waals surface area contributed by atoms with Crippen LogP contribution in [0.4, 0.5) is 18.0 Å². The molecule has 0 spiro atoms. The zero-order valence-electron chi connectivity index (χ0n) is 19.7. The number of amides is 2.